The molecule has 0 aliphatic heterocycles. The summed E-state index contributed by atoms with van der Waals surface area (Å²) in [7, 11) is 1.70. The van der Waals surface area contributed by atoms with E-state index in [1.165, 1.54) is 6.07 Å². The molecule has 2 nitrogen and oxygen atoms in total. The van der Waals surface area contributed by atoms with Crippen molar-refractivity contribution in [2.45, 2.75) is 26.7 Å². The van der Waals surface area contributed by atoms with Gasteiger partial charge in [-0.3, -0.25) is 0 Å². The van der Waals surface area contributed by atoms with Gasteiger partial charge in [-0.1, -0.05) is 31.5 Å². The van der Waals surface area contributed by atoms with Crippen molar-refractivity contribution in [1.29, 1.82) is 0 Å². The Hall–Kier alpha value is -0.640. The summed E-state index contributed by atoms with van der Waals surface area (Å²) in [5.41, 5.74) is 1.21. The molecule has 0 amide bonds. The van der Waals surface area contributed by atoms with Crippen LogP contribution >= 0.6 is 11.6 Å². The molecule has 1 aromatic rings. The van der Waals surface area contributed by atoms with Crippen LogP contribution in [0.25, 0.3) is 0 Å². The zero-order valence-electron chi connectivity index (χ0n) is 11.9. The van der Waals surface area contributed by atoms with Crippen LogP contribution in [0.1, 0.15) is 25.8 Å². The number of nitrogens with one attached hydrogen (secondary N) is 1. The molecule has 108 valence electrons. The molecule has 0 saturated carbocycles. The molecule has 1 rings (SSSR count). The van der Waals surface area contributed by atoms with E-state index in [2.05, 4.69) is 19.2 Å². The molecule has 1 unspecified atom stereocenters. The normalized spacial score (nSPS) is 14.4. The fraction of sp³-hybridized carbons (Fsp3) is 0.600. The molecule has 4 heteroatoms. The molecular weight excluding hydrogens is 265 g/mol. The van der Waals surface area contributed by atoms with E-state index in [0.29, 0.717) is 6.61 Å². The van der Waals surface area contributed by atoms with E-state index in [4.69, 9.17) is 16.3 Å². The maximum Gasteiger partial charge on any atom is 0.141 e. The van der Waals surface area contributed by atoms with Crippen molar-refractivity contribution in [3.05, 3.63) is 34.6 Å². The summed E-state index contributed by atoms with van der Waals surface area (Å²) in [6.45, 7) is 6.85. The van der Waals surface area contributed by atoms with E-state index in [9.17, 15) is 4.39 Å². The van der Waals surface area contributed by atoms with Gasteiger partial charge in [0, 0.05) is 20.2 Å². The Morgan fingerprint density at radius 3 is 2.74 bits per heavy atom. The van der Waals surface area contributed by atoms with Gasteiger partial charge in [0.25, 0.3) is 0 Å². The maximum atomic E-state index is 13.1. The first-order chi connectivity index (χ1) is 9.00. The summed E-state index contributed by atoms with van der Waals surface area (Å²) >= 11 is 5.82. The lowest BCUT2D eigenvalue weighted by atomic mass is 9.81. The van der Waals surface area contributed by atoms with Crippen LogP contribution in [-0.4, -0.2) is 26.8 Å². The smallest absolute Gasteiger partial charge is 0.141 e. The summed E-state index contributed by atoms with van der Waals surface area (Å²) in [6.07, 6.45) is 1.92. The third-order valence-corrected chi connectivity index (χ3v) is 3.79. The number of halogens is 2. The zero-order valence-corrected chi connectivity index (χ0v) is 12.7. The average molecular weight is 288 g/mol. The summed E-state index contributed by atoms with van der Waals surface area (Å²) < 4.78 is 18.2. The number of hydrogen-bond donors (Lipinski definition) is 1. The van der Waals surface area contributed by atoms with Gasteiger partial charge in [0.15, 0.2) is 0 Å². The first-order valence-corrected chi connectivity index (χ1v) is 7.02. The van der Waals surface area contributed by atoms with Crippen molar-refractivity contribution in [1.82, 2.24) is 5.32 Å². The average Bonchev–Trinajstić information content (AvgIpc) is 2.39. The Bertz CT molecular complexity index is 400. The molecule has 0 heterocycles. The van der Waals surface area contributed by atoms with Crippen LogP contribution in [0.4, 0.5) is 4.39 Å². The van der Waals surface area contributed by atoms with Gasteiger partial charge >= 0.3 is 0 Å². The van der Waals surface area contributed by atoms with Crippen molar-refractivity contribution >= 4 is 11.6 Å². The lowest BCUT2D eigenvalue weighted by Gasteiger charge is -2.29. The van der Waals surface area contributed by atoms with Gasteiger partial charge < -0.3 is 10.1 Å². The standard InChI is InChI=1S/C15H23ClFNO/c1-4-15(2,11-18-7-8-19-3)10-12-5-6-14(17)13(16)9-12/h5-6,9,18H,4,7-8,10-11H2,1-3H3. The third kappa shape index (κ3) is 5.47. The third-order valence-electron chi connectivity index (χ3n) is 3.50. The second-order valence-electron chi connectivity index (χ2n) is 5.26. The molecule has 1 aromatic carbocycles. The summed E-state index contributed by atoms with van der Waals surface area (Å²) in [5, 5.41) is 3.59. The van der Waals surface area contributed by atoms with E-state index < -0.39 is 0 Å². The summed E-state index contributed by atoms with van der Waals surface area (Å²) in [4.78, 5) is 0. The molecule has 0 saturated heterocycles. The molecule has 1 atom stereocenters. The SMILES string of the molecule is CCC(C)(CNCCOC)Cc1ccc(F)c(Cl)c1. The largest absolute Gasteiger partial charge is 0.383 e. The highest BCUT2D eigenvalue weighted by Crippen LogP contribution is 2.27. The van der Waals surface area contributed by atoms with Crippen molar-refractivity contribution < 1.29 is 9.13 Å². The monoisotopic (exact) mass is 287 g/mol. The number of methoxy groups -OCH3 is 1. The van der Waals surface area contributed by atoms with E-state index in [0.717, 1.165) is 31.5 Å². The predicted octanol–water partition coefficient (Wildman–Crippen LogP) is 3.67. The number of ether oxygens (including phenoxy) is 1. The second kappa shape index (κ2) is 7.83. The number of rotatable bonds is 8. The summed E-state index contributed by atoms with van der Waals surface area (Å²) in [5.74, 6) is -0.359. The van der Waals surface area contributed by atoms with Crippen molar-refractivity contribution in [3.8, 4) is 0 Å². The van der Waals surface area contributed by atoms with E-state index >= 15 is 0 Å². The number of benzene rings is 1. The van der Waals surface area contributed by atoms with Crippen LogP contribution in [0.5, 0.6) is 0 Å². The van der Waals surface area contributed by atoms with Gasteiger partial charge in [0.05, 0.1) is 11.6 Å². The second-order valence-corrected chi connectivity index (χ2v) is 5.67. The fourth-order valence-corrected chi connectivity index (χ4v) is 2.22. The van der Waals surface area contributed by atoms with Crippen LogP contribution in [0.2, 0.25) is 5.02 Å². The van der Waals surface area contributed by atoms with Crippen molar-refractivity contribution in [2.75, 3.05) is 26.8 Å². The van der Waals surface area contributed by atoms with Crippen LogP contribution in [0, 0.1) is 11.2 Å². The molecule has 1 N–H and O–H groups in total. The van der Waals surface area contributed by atoms with Crippen LogP contribution in [-0.2, 0) is 11.2 Å². The van der Waals surface area contributed by atoms with Crippen LogP contribution in [0.3, 0.4) is 0 Å². The molecule has 0 radical (unpaired) electrons. The lowest BCUT2D eigenvalue weighted by molar-refractivity contribution is 0.191. The molecule has 0 bridgehead atoms. The quantitative estimate of drug-likeness (QED) is 0.737. The van der Waals surface area contributed by atoms with Crippen LogP contribution < -0.4 is 5.32 Å². The van der Waals surface area contributed by atoms with Gasteiger partial charge in [-0.05, 0) is 36.0 Å². The highest BCUT2D eigenvalue weighted by Gasteiger charge is 2.22. The molecule has 0 fully saturated rings. The molecule has 19 heavy (non-hydrogen) atoms. The van der Waals surface area contributed by atoms with Gasteiger partial charge in [-0.2, -0.15) is 0 Å². The fourth-order valence-electron chi connectivity index (χ4n) is 2.02. The topological polar surface area (TPSA) is 21.3 Å². The Labute approximate surface area is 120 Å². The van der Waals surface area contributed by atoms with Gasteiger partial charge in [0.2, 0.25) is 0 Å². The molecular formula is C15H23ClFNO. The zero-order chi connectivity index (χ0) is 14.3. The molecule has 0 aliphatic carbocycles. The van der Waals surface area contributed by atoms with Crippen molar-refractivity contribution in [2.24, 2.45) is 5.41 Å². The molecule has 0 spiro atoms. The molecule has 0 aliphatic rings. The van der Waals surface area contributed by atoms with Gasteiger partial charge in [-0.15, -0.1) is 0 Å². The maximum absolute atomic E-state index is 13.1. The van der Waals surface area contributed by atoms with E-state index in [-0.39, 0.29) is 16.3 Å². The minimum atomic E-state index is -0.359. The minimum absolute atomic E-state index is 0.134. The van der Waals surface area contributed by atoms with Gasteiger partial charge in [-0.25, -0.2) is 4.39 Å². The Kier molecular flexibility index (Phi) is 6.76. The van der Waals surface area contributed by atoms with E-state index in [1.807, 2.05) is 6.07 Å². The lowest BCUT2D eigenvalue weighted by Crippen LogP contribution is -2.34. The highest BCUT2D eigenvalue weighted by atomic mass is 35.5. The Morgan fingerprint density at radius 2 is 2.16 bits per heavy atom. The highest BCUT2D eigenvalue weighted by molar-refractivity contribution is 6.30. The first-order valence-electron chi connectivity index (χ1n) is 6.64. The minimum Gasteiger partial charge on any atom is -0.383 e. The van der Waals surface area contributed by atoms with E-state index in [1.54, 1.807) is 13.2 Å². The number of hydrogen-bond acceptors (Lipinski definition) is 2. The first kappa shape index (κ1) is 16.4. The van der Waals surface area contributed by atoms with Crippen molar-refractivity contribution in [3.63, 3.8) is 0 Å². The predicted molar refractivity (Wildman–Crippen MR) is 78.3 cm³/mol. The van der Waals surface area contributed by atoms with Gasteiger partial charge in [0.1, 0.15) is 5.82 Å². The molecule has 0 aromatic heterocycles. The Balaban J connectivity index is 2.60. The van der Waals surface area contributed by atoms with Crippen LogP contribution in [0.15, 0.2) is 18.2 Å². The Morgan fingerprint density at radius 1 is 1.42 bits per heavy atom. The summed E-state index contributed by atoms with van der Waals surface area (Å²) in [6, 6.07) is 4.97.